The standard InChI is InChI=1S/C23H22N6O2S/c30-23(28-10-17-9-16(28)11-31-17)13-1-2-18-19(7-13)32-22-20(18)21(24-12-25-22)27-14-4-6-29-15(8-14)3-5-26-29/h3-6,8,12-13,16-17H,1-2,7,9-11H2,(H,24,25,27)/t13-,16-,17-/m0/s1. The van der Waals surface area contributed by atoms with Gasteiger partial charge < -0.3 is 15.0 Å². The third kappa shape index (κ3) is 2.84. The molecule has 7 rings (SSSR count). The molecule has 3 aliphatic rings. The van der Waals surface area contributed by atoms with Crippen LogP contribution < -0.4 is 5.32 Å². The van der Waals surface area contributed by atoms with Crippen molar-refractivity contribution in [2.45, 2.75) is 37.8 Å². The van der Waals surface area contributed by atoms with Crippen LogP contribution >= 0.6 is 11.3 Å². The number of anilines is 2. The number of thiophene rings is 1. The summed E-state index contributed by atoms with van der Waals surface area (Å²) in [4.78, 5) is 26.7. The number of amides is 1. The van der Waals surface area contributed by atoms with E-state index in [0.717, 1.165) is 59.5 Å². The van der Waals surface area contributed by atoms with Crippen LogP contribution in [0.2, 0.25) is 0 Å². The number of morpholine rings is 1. The minimum atomic E-state index is 0.0588. The fourth-order valence-electron chi connectivity index (χ4n) is 5.46. The van der Waals surface area contributed by atoms with Gasteiger partial charge in [-0.15, -0.1) is 11.3 Å². The number of hydrogen-bond donors (Lipinski definition) is 1. The van der Waals surface area contributed by atoms with E-state index in [0.29, 0.717) is 12.5 Å². The average molecular weight is 447 g/mol. The Hall–Kier alpha value is -3.04. The molecule has 2 saturated heterocycles. The SMILES string of the molecule is O=C([C@H]1CCc2c(sc3ncnc(Nc4ccn5nccc5c4)c23)C1)N1C[C@@H]2C[C@H]1CO2. The minimum Gasteiger partial charge on any atom is -0.374 e. The molecule has 1 N–H and O–H groups in total. The Balaban J connectivity index is 1.18. The van der Waals surface area contributed by atoms with E-state index in [9.17, 15) is 4.79 Å². The summed E-state index contributed by atoms with van der Waals surface area (Å²) in [5.74, 6) is 1.20. The molecule has 2 aliphatic heterocycles. The smallest absolute Gasteiger partial charge is 0.226 e. The van der Waals surface area contributed by atoms with Crippen molar-refractivity contribution in [3.8, 4) is 0 Å². The van der Waals surface area contributed by atoms with E-state index in [4.69, 9.17) is 4.74 Å². The number of ether oxygens (including phenoxy) is 1. The third-order valence-corrected chi connectivity index (χ3v) is 8.20. The van der Waals surface area contributed by atoms with Gasteiger partial charge in [0, 0.05) is 35.4 Å². The molecule has 162 valence electrons. The van der Waals surface area contributed by atoms with Crippen LogP contribution in [-0.2, 0) is 22.4 Å². The maximum absolute atomic E-state index is 13.2. The first-order chi connectivity index (χ1) is 15.7. The van der Waals surface area contributed by atoms with E-state index in [1.54, 1.807) is 23.9 Å². The number of aromatic nitrogens is 4. The van der Waals surface area contributed by atoms with Crippen LogP contribution in [0.25, 0.3) is 15.7 Å². The quantitative estimate of drug-likeness (QED) is 0.520. The monoisotopic (exact) mass is 446 g/mol. The lowest BCUT2D eigenvalue weighted by molar-refractivity contribution is -0.140. The Labute approximate surface area is 188 Å². The number of pyridine rings is 1. The summed E-state index contributed by atoms with van der Waals surface area (Å²) in [6.07, 6.45) is 9.15. The number of nitrogens with zero attached hydrogens (tertiary/aromatic N) is 5. The fourth-order valence-corrected chi connectivity index (χ4v) is 6.72. The molecule has 0 radical (unpaired) electrons. The van der Waals surface area contributed by atoms with Gasteiger partial charge in [0.1, 0.15) is 17.0 Å². The first-order valence-corrected chi connectivity index (χ1v) is 11.9. The Bertz CT molecular complexity index is 1360. The van der Waals surface area contributed by atoms with Gasteiger partial charge in [-0.05, 0) is 49.4 Å². The summed E-state index contributed by atoms with van der Waals surface area (Å²) >= 11 is 1.71. The lowest BCUT2D eigenvalue weighted by atomic mass is 9.86. The van der Waals surface area contributed by atoms with E-state index >= 15 is 0 Å². The van der Waals surface area contributed by atoms with Crippen LogP contribution in [0.15, 0.2) is 36.9 Å². The van der Waals surface area contributed by atoms with Gasteiger partial charge in [0.25, 0.3) is 0 Å². The topological polar surface area (TPSA) is 84.7 Å². The molecule has 2 fully saturated rings. The minimum absolute atomic E-state index is 0.0588. The van der Waals surface area contributed by atoms with Gasteiger partial charge in [-0.25, -0.2) is 14.5 Å². The van der Waals surface area contributed by atoms with Crippen LogP contribution in [0, 0.1) is 5.92 Å². The molecule has 32 heavy (non-hydrogen) atoms. The van der Waals surface area contributed by atoms with E-state index in [1.807, 2.05) is 22.8 Å². The molecule has 3 atom stereocenters. The Kier molecular flexibility index (Phi) is 4.04. The van der Waals surface area contributed by atoms with Crippen LogP contribution in [0.3, 0.4) is 0 Å². The van der Waals surface area contributed by atoms with Gasteiger partial charge in [-0.2, -0.15) is 5.10 Å². The molecule has 4 aromatic rings. The number of aryl methyl sites for hydroxylation is 1. The Morgan fingerprint density at radius 3 is 3.12 bits per heavy atom. The van der Waals surface area contributed by atoms with Crippen molar-refractivity contribution < 1.29 is 9.53 Å². The van der Waals surface area contributed by atoms with Crippen molar-refractivity contribution in [2.75, 3.05) is 18.5 Å². The van der Waals surface area contributed by atoms with Gasteiger partial charge in [0.05, 0.1) is 29.7 Å². The zero-order valence-corrected chi connectivity index (χ0v) is 18.2. The lowest BCUT2D eigenvalue weighted by Crippen LogP contribution is -2.45. The molecule has 9 heteroatoms. The number of hydrogen-bond acceptors (Lipinski definition) is 7. The molecule has 1 aliphatic carbocycles. The fraction of sp³-hybridized carbons (Fsp3) is 0.391. The Morgan fingerprint density at radius 1 is 1.28 bits per heavy atom. The largest absolute Gasteiger partial charge is 0.374 e. The summed E-state index contributed by atoms with van der Waals surface area (Å²) in [7, 11) is 0. The zero-order valence-electron chi connectivity index (χ0n) is 17.4. The molecule has 0 saturated carbocycles. The number of fused-ring (bicyclic) bond motifs is 6. The molecule has 8 nitrogen and oxygen atoms in total. The first kappa shape index (κ1) is 18.5. The second-order valence-corrected chi connectivity index (χ2v) is 10.0. The lowest BCUT2D eigenvalue weighted by Gasteiger charge is -2.32. The normalized spacial score (nSPS) is 24.4. The molecular weight excluding hydrogens is 424 g/mol. The summed E-state index contributed by atoms with van der Waals surface area (Å²) in [6, 6.07) is 6.31. The second kappa shape index (κ2) is 6.98. The number of nitrogens with one attached hydrogen (secondary N) is 1. The molecule has 2 bridgehead atoms. The number of rotatable bonds is 3. The molecular formula is C23H22N6O2S. The maximum Gasteiger partial charge on any atom is 0.226 e. The van der Waals surface area contributed by atoms with Gasteiger partial charge in [-0.1, -0.05) is 0 Å². The first-order valence-electron chi connectivity index (χ1n) is 11.1. The number of carbonyl (C=O) groups excluding carboxylic acids is 1. The van der Waals surface area contributed by atoms with E-state index < -0.39 is 0 Å². The van der Waals surface area contributed by atoms with Gasteiger partial charge >= 0.3 is 0 Å². The van der Waals surface area contributed by atoms with Crippen molar-refractivity contribution >= 4 is 44.5 Å². The predicted molar refractivity (Wildman–Crippen MR) is 121 cm³/mol. The van der Waals surface area contributed by atoms with Gasteiger partial charge in [0.15, 0.2) is 0 Å². The van der Waals surface area contributed by atoms with Crippen molar-refractivity contribution in [3.05, 3.63) is 47.4 Å². The second-order valence-electron chi connectivity index (χ2n) is 8.92. The van der Waals surface area contributed by atoms with Crippen molar-refractivity contribution in [3.63, 3.8) is 0 Å². The van der Waals surface area contributed by atoms with Crippen LogP contribution in [0.5, 0.6) is 0 Å². The highest BCUT2D eigenvalue weighted by Crippen LogP contribution is 2.41. The van der Waals surface area contributed by atoms with Gasteiger partial charge in [-0.3, -0.25) is 4.79 Å². The average Bonchev–Trinajstić information content (AvgIpc) is 3.60. The Morgan fingerprint density at radius 2 is 2.25 bits per heavy atom. The third-order valence-electron chi connectivity index (χ3n) is 7.04. The molecule has 1 amide bonds. The van der Waals surface area contributed by atoms with E-state index in [1.165, 1.54) is 10.4 Å². The van der Waals surface area contributed by atoms with Crippen LogP contribution in [-0.4, -0.2) is 55.7 Å². The molecule has 0 spiro atoms. The van der Waals surface area contributed by atoms with Gasteiger partial charge in [0.2, 0.25) is 5.91 Å². The van der Waals surface area contributed by atoms with Crippen molar-refractivity contribution in [2.24, 2.45) is 5.92 Å². The number of likely N-dealkylation sites (tertiary alicyclic amines) is 1. The highest BCUT2D eigenvalue weighted by Gasteiger charge is 2.43. The predicted octanol–water partition coefficient (Wildman–Crippen LogP) is 3.19. The molecule has 0 aromatic carbocycles. The van der Waals surface area contributed by atoms with Crippen LogP contribution in [0.1, 0.15) is 23.3 Å². The van der Waals surface area contributed by atoms with Crippen molar-refractivity contribution in [1.82, 2.24) is 24.5 Å². The number of carbonyl (C=O) groups is 1. The van der Waals surface area contributed by atoms with Crippen LogP contribution in [0.4, 0.5) is 11.5 Å². The van der Waals surface area contributed by atoms with Crippen molar-refractivity contribution in [1.29, 1.82) is 0 Å². The summed E-state index contributed by atoms with van der Waals surface area (Å²) < 4.78 is 7.51. The maximum atomic E-state index is 13.2. The van der Waals surface area contributed by atoms with E-state index in [2.05, 4.69) is 31.3 Å². The van der Waals surface area contributed by atoms with E-state index in [-0.39, 0.29) is 18.1 Å². The summed E-state index contributed by atoms with van der Waals surface area (Å²) in [5, 5.41) is 8.84. The zero-order chi connectivity index (χ0) is 21.2. The molecule has 0 unspecified atom stereocenters. The highest BCUT2D eigenvalue weighted by molar-refractivity contribution is 7.19. The molecule has 6 heterocycles. The highest BCUT2D eigenvalue weighted by atomic mass is 32.1. The summed E-state index contributed by atoms with van der Waals surface area (Å²) in [6.45, 7) is 1.47. The molecule has 4 aromatic heterocycles. The summed E-state index contributed by atoms with van der Waals surface area (Å²) in [5.41, 5.74) is 3.29.